The molecule has 0 atom stereocenters. The maximum Gasteiger partial charge on any atom is 0.271 e. The SMILES string of the molecule is CC(C=Cc1ccc2c(c1)OCO2)=NNC(=O)c1ccc(Br)cc1. The van der Waals surface area contributed by atoms with E-state index in [2.05, 4.69) is 26.5 Å². The van der Waals surface area contributed by atoms with Gasteiger partial charge in [-0.05, 0) is 55.0 Å². The maximum atomic E-state index is 12.0. The molecule has 5 nitrogen and oxygen atoms in total. The van der Waals surface area contributed by atoms with E-state index in [1.165, 1.54) is 0 Å². The second-order valence-electron chi connectivity index (χ2n) is 5.15. The molecule has 0 unspecified atom stereocenters. The summed E-state index contributed by atoms with van der Waals surface area (Å²) >= 11 is 3.33. The Labute approximate surface area is 148 Å². The van der Waals surface area contributed by atoms with E-state index in [1.807, 2.05) is 49.4 Å². The molecule has 1 amide bonds. The van der Waals surface area contributed by atoms with Gasteiger partial charge in [-0.25, -0.2) is 5.43 Å². The Morgan fingerprint density at radius 3 is 2.71 bits per heavy atom. The van der Waals surface area contributed by atoms with E-state index < -0.39 is 0 Å². The van der Waals surface area contributed by atoms with Crippen LogP contribution in [-0.4, -0.2) is 18.4 Å². The molecule has 0 radical (unpaired) electrons. The van der Waals surface area contributed by atoms with Gasteiger partial charge >= 0.3 is 0 Å². The van der Waals surface area contributed by atoms with Crippen molar-refractivity contribution in [3.05, 3.63) is 64.1 Å². The molecule has 6 heteroatoms. The molecule has 24 heavy (non-hydrogen) atoms. The minimum atomic E-state index is -0.252. The molecule has 1 heterocycles. The van der Waals surface area contributed by atoms with Gasteiger partial charge in [-0.1, -0.05) is 28.1 Å². The topological polar surface area (TPSA) is 59.9 Å². The molecule has 1 aliphatic heterocycles. The molecule has 0 bridgehead atoms. The van der Waals surface area contributed by atoms with Gasteiger partial charge < -0.3 is 9.47 Å². The van der Waals surface area contributed by atoms with Crippen LogP contribution in [0.5, 0.6) is 11.5 Å². The monoisotopic (exact) mass is 386 g/mol. The zero-order chi connectivity index (χ0) is 16.9. The summed E-state index contributed by atoms with van der Waals surface area (Å²) in [5, 5.41) is 4.07. The lowest BCUT2D eigenvalue weighted by atomic mass is 10.2. The maximum absolute atomic E-state index is 12.0. The van der Waals surface area contributed by atoms with Gasteiger partial charge in [0.25, 0.3) is 5.91 Å². The predicted molar refractivity (Wildman–Crippen MR) is 96.3 cm³/mol. The van der Waals surface area contributed by atoms with Crippen molar-refractivity contribution >= 4 is 33.6 Å². The Kier molecular flexibility index (Phi) is 4.96. The molecule has 0 saturated carbocycles. The first-order chi connectivity index (χ1) is 11.6. The highest BCUT2D eigenvalue weighted by Gasteiger charge is 2.12. The van der Waals surface area contributed by atoms with Crippen LogP contribution in [-0.2, 0) is 0 Å². The number of nitrogens with one attached hydrogen (secondary N) is 1. The quantitative estimate of drug-likeness (QED) is 0.638. The summed E-state index contributed by atoms with van der Waals surface area (Å²) in [4.78, 5) is 12.0. The smallest absolute Gasteiger partial charge is 0.271 e. The number of allylic oxidation sites excluding steroid dienone is 1. The fourth-order valence-corrected chi connectivity index (χ4v) is 2.34. The van der Waals surface area contributed by atoms with Gasteiger partial charge in [-0.2, -0.15) is 5.10 Å². The van der Waals surface area contributed by atoms with E-state index in [9.17, 15) is 4.79 Å². The molecule has 0 spiro atoms. The van der Waals surface area contributed by atoms with Crippen molar-refractivity contribution in [1.29, 1.82) is 0 Å². The van der Waals surface area contributed by atoms with Gasteiger partial charge in [0, 0.05) is 10.0 Å². The lowest BCUT2D eigenvalue weighted by molar-refractivity contribution is 0.0955. The summed E-state index contributed by atoms with van der Waals surface area (Å²) in [6.45, 7) is 2.07. The molecule has 2 aromatic carbocycles. The third-order valence-corrected chi connectivity index (χ3v) is 3.88. The van der Waals surface area contributed by atoms with Crippen molar-refractivity contribution in [2.45, 2.75) is 6.92 Å². The standard InChI is InChI=1S/C18H15BrN2O3/c1-12(20-21-18(22)14-5-7-15(19)8-6-14)2-3-13-4-9-16-17(10-13)24-11-23-16/h2-10H,11H2,1H3,(H,21,22). The molecular weight excluding hydrogens is 372 g/mol. The summed E-state index contributed by atoms with van der Waals surface area (Å²) in [6.07, 6.45) is 3.71. The lowest BCUT2D eigenvalue weighted by Crippen LogP contribution is -2.18. The molecule has 1 N–H and O–H groups in total. The van der Waals surface area contributed by atoms with Gasteiger partial charge in [0.15, 0.2) is 11.5 Å². The highest BCUT2D eigenvalue weighted by molar-refractivity contribution is 9.10. The Morgan fingerprint density at radius 2 is 1.92 bits per heavy atom. The Balaban J connectivity index is 1.61. The Bertz CT molecular complexity index is 814. The van der Waals surface area contributed by atoms with Crippen LogP contribution in [0.3, 0.4) is 0 Å². The van der Waals surface area contributed by atoms with Crippen LogP contribution in [0.25, 0.3) is 6.08 Å². The minimum Gasteiger partial charge on any atom is -0.454 e. The molecule has 1 aliphatic rings. The van der Waals surface area contributed by atoms with Crippen molar-refractivity contribution in [1.82, 2.24) is 5.43 Å². The van der Waals surface area contributed by atoms with Crippen molar-refractivity contribution in [2.24, 2.45) is 5.10 Å². The van der Waals surface area contributed by atoms with Crippen LogP contribution in [0.4, 0.5) is 0 Å². The average molecular weight is 387 g/mol. The molecule has 2 aromatic rings. The number of hydrogen-bond donors (Lipinski definition) is 1. The molecular formula is C18H15BrN2O3. The zero-order valence-corrected chi connectivity index (χ0v) is 14.5. The van der Waals surface area contributed by atoms with Gasteiger partial charge in [0.2, 0.25) is 6.79 Å². The van der Waals surface area contributed by atoms with Crippen molar-refractivity contribution in [3.8, 4) is 11.5 Å². The average Bonchev–Trinajstić information content (AvgIpc) is 3.06. The highest BCUT2D eigenvalue weighted by Crippen LogP contribution is 2.32. The van der Waals surface area contributed by atoms with Crippen molar-refractivity contribution in [2.75, 3.05) is 6.79 Å². The van der Waals surface area contributed by atoms with Gasteiger partial charge in [0.1, 0.15) is 0 Å². The van der Waals surface area contributed by atoms with Crippen molar-refractivity contribution in [3.63, 3.8) is 0 Å². The molecule has 0 aromatic heterocycles. The number of fused-ring (bicyclic) bond motifs is 1. The van der Waals surface area contributed by atoms with Crippen molar-refractivity contribution < 1.29 is 14.3 Å². The van der Waals surface area contributed by atoms with Gasteiger partial charge in [0.05, 0.1) is 5.71 Å². The number of amides is 1. The minimum absolute atomic E-state index is 0.252. The van der Waals surface area contributed by atoms with Crippen LogP contribution in [0, 0.1) is 0 Å². The van der Waals surface area contributed by atoms with E-state index in [-0.39, 0.29) is 12.7 Å². The summed E-state index contributed by atoms with van der Waals surface area (Å²) in [6, 6.07) is 12.8. The number of carbonyl (C=O) groups excluding carboxylic acids is 1. The van der Waals surface area contributed by atoms with Crippen LogP contribution in [0.15, 0.2) is 58.1 Å². The van der Waals surface area contributed by atoms with Gasteiger partial charge in [-0.15, -0.1) is 0 Å². The summed E-state index contributed by atoms with van der Waals surface area (Å²) in [5.41, 5.74) is 4.73. The third kappa shape index (κ3) is 4.02. The summed E-state index contributed by atoms with van der Waals surface area (Å²) in [7, 11) is 0. The van der Waals surface area contributed by atoms with Crippen LogP contribution >= 0.6 is 15.9 Å². The van der Waals surface area contributed by atoms with E-state index in [1.54, 1.807) is 12.1 Å². The number of rotatable bonds is 4. The number of nitrogens with zero attached hydrogens (tertiary/aromatic N) is 1. The number of ether oxygens (including phenoxy) is 2. The first-order valence-corrected chi connectivity index (χ1v) is 8.09. The Hall–Kier alpha value is -2.60. The second kappa shape index (κ2) is 7.31. The number of carbonyl (C=O) groups is 1. The third-order valence-electron chi connectivity index (χ3n) is 3.35. The fourth-order valence-electron chi connectivity index (χ4n) is 2.08. The molecule has 3 rings (SSSR count). The fraction of sp³-hybridized carbons (Fsp3) is 0.111. The second-order valence-corrected chi connectivity index (χ2v) is 6.06. The van der Waals surface area contributed by atoms with Crippen LogP contribution in [0.1, 0.15) is 22.8 Å². The van der Waals surface area contributed by atoms with E-state index in [0.29, 0.717) is 11.3 Å². The molecule has 0 aliphatic carbocycles. The van der Waals surface area contributed by atoms with E-state index >= 15 is 0 Å². The lowest BCUT2D eigenvalue weighted by Gasteiger charge is -2.01. The summed E-state index contributed by atoms with van der Waals surface area (Å²) < 4.78 is 11.5. The van der Waals surface area contributed by atoms with E-state index in [0.717, 1.165) is 21.5 Å². The largest absolute Gasteiger partial charge is 0.454 e. The number of halogens is 1. The summed E-state index contributed by atoms with van der Waals surface area (Å²) in [5.74, 6) is 1.23. The first-order valence-electron chi connectivity index (χ1n) is 7.30. The highest BCUT2D eigenvalue weighted by atomic mass is 79.9. The number of hydrogen-bond acceptors (Lipinski definition) is 4. The molecule has 0 fully saturated rings. The Morgan fingerprint density at radius 1 is 1.17 bits per heavy atom. The number of benzene rings is 2. The van der Waals surface area contributed by atoms with E-state index in [4.69, 9.17) is 9.47 Å². The van der Waals surface area contributed by atoms with Crippen LogP contribution < -0.4 is 14.9 Å². The molecule has 122 valence electrons. The number of hydrazone groups is 1. The first kappa shape index (κ1) is 16.3. The van der Waals surface area contributed by atoms with Gasteiger partial charge in [-0.3, -0.25) is 4.79 Å². The zero-order valence-electron chi connectivity index (χ0n) is 13.0. The molecule has 0 saturated heterocycles. The predicted octanol–water partition coefficient (Wildman–Crippen LogP) is 4.00. The normalized spacial score (nSPS) is 13.3. The van der Waals surface area contributed by atoms with Crippen LogP contribution in [0.2, 0.25) is 0 Å².